The number of anilines is 2. The van der Waals surface area contributed by atoms with Crippen LogP contribution in [0.25, 0.3) is 81.2 Å². The van der Waals surface area contributed by atoms with E-state index in [2.05, 4.69) is 197 Å². The van der Waals surface area contributed by atoms with E-state index in [4.69, 9.17) is 4.98 Å². The lowest BCUT2D eigenvalue weighted by molar-refractivity contribution is 0.332. The number of imidazole rings is 1. The minimum atomic E-state index is 0.0604. The Morgan fingerprint density at radius 2 is 1.39 bits per heavy atom. The Labute approximate surface area is 368 Å². The fraction of sp³-hybridized carbons (Fsp3) is 0.232. The SMILES string of the molecule is Cn1c(-c2ccccc2)nc2cc3c(cc21)-n1c2cc4sc5ccccc5c4cc2c2ccc(-c4cc5c(cc4Nc4ccc(C(C)(C)C)cc4)C(C)(C)CCC5(C)C)c(c21)B3. The summed E-state index contributed by atoms with van der Waals surface area (Å²) in [4.78, 5) is 5.30. The normalized spacial score (nSPS) is 15.4. The smallest absolute Gasteiger partial charge is 0.198 e. The molecule has 0 unspecified atom stereocenters. The molecule has 0 bridgehead atoms. The van der Waals surface area contributed by atoms with Gasteiger partial charge in [-0.25, -0.2) is 4.98 Å². The lowest BCUT2D eigenvalue weighted by Crippen LogP contribution is -2.37. The number of nitrogens with one attached hydrogen (secondary N) is 1. The number of aromatic nitrogens is 3. The van der Waals surface area contributed by atoms with Crippen molar-refractivity contribution in [2.75, 3.05) is 5.32 Å². The van der Waals surface area contributed by atoms with Crippen LogP contribution in [0.3, 0.4) is 0 Å². The monoisotopic (exact) mass is 822 g/mol. The molecule has 0 saturated carbocycles. The summed E-state index contributed by atoms with van der Waals surface area (Å²) in [5, 5.41) is 9.29. The van der Waals surface area contributed by atoms with E-state index in [1.165, 1.54) is 98.5 Å². The van der Waals surface area contributed by atoms with Crippen molar-refractivity contribution in [2.24, 2.45) is 7.05 Å². The fourth-order valence-corrected chi connectivity index (χ4v) is 12.0. The molecule has 1 N–H and O–H groups in total. The molecule has 10 aromatic rings. The summed E-state index contributed by atoms with van der Waals surface area (Å²) in [5.41, 5.74) is 19.1. The zero-order chi connectivity index (χ0) is 42.4. The van der Waals surface area contributed by atoms with Crippen molar-refractivity contribution in [1.82, 2.24) is 14.1 Å². The molecule has 62 heavy (non-hydrogen) atoms. The van der Waals surface area contributed by atoms with Crippen LogP contribution in [0.4, 0.5) is 11.4 Å². The Kier molecular flexibility index (Phi) is 7.87. The van der Waals surface area contributed by atoms with Crippen molar-refractivity contribution in [3.63, 3.8) is 0 Å². The van der Waals surface area contributed by atoms with E-state index in [0.29, 0.717) is 0 Å². The molecule has 0 saturated heterocycles. The van der Waals surface area contributed by atoms with E-state index in [1.807, 2.05) is 11.3 Å². The zero-order valence-corrected chi connectivity index (χ0v) is 37.8. The van der Waals surface area contributed by atoms with Crippen molar-refractivity contribution in [1.29, 1.82) is 0 Å². The third kappa shape index (κ3) is 5.55. The molecule has 4 nitrogen and oxygen atoms in total. The van der Waals surface area contributed by atoms with Gasteiger partial charge in [0.2, 0.25) is 0 Å². The Hall–Kier alpha value is -6.11. The highest BCUT2D eigenvalue weighted by Gasteiger charge is 2.38. The first-order chi connectivity index (χ1) is 29.7. The lowest BCUT2D eigenvalue weighted by atomic mass is 9.58. The number of nitrogens with zero attached hydrogens (tertiary/aromatic N) is 3. The first kappa shape index (κ1) is 37.6. The molecular weight excluding hydrogens is 772 g/mol. The molecule has 12 rings (SSSR count). The number of hydrogen-bond acceptors (Lipinski definition) is 3. The predicted octanol–water partition coefficient (Wildman–Crippen LogP) is 13.5. The van der Waals surface area contributed by atoms with Crippen LogP contribution in [0, 0.1) is 0 Å². The van der Waals surface area contributed by atoms with Gasteiger partial charge in [0.25, 0.3) is 0 Å². The molecule has 4 heterocycles. The molecule has 3 aromatic heterocycles. The second kappa shape index (κ2) is 13.0. The van der Waals surface area contributed by atoms with E-state index in [-0.39, 0.29) is 16.2 Å². The average molecular weight is 823 g/mol. The van der Waals surface area contributed by atoms with Gasteiger partial charge in [0.05, 0.1) is 16.6 Å². The van der Waals surface area contributed by atoms with Crippen molar-refractivity contribution in [2.45, 2.75) is 77.6 Å². The number of benzene rings is 7. The minimum Gasteiger partial charge on any atom is -0.355 e. The third-order valence-corrected chi connectivity index (χ3v) is 15.7. The largest absolute Gasteiger partial charge is 0.355 e. The van der Waals surface area contributed by atoms with Crippen LogP contribution in [-0.2, 0) is 23.3 Å². The maximum absolute atomic E-state index is 5.30. The Morgan fingerprint density at radius 3 is 2.15 bits per heavy atom. The van der Waals surface area contributed by atoms with E-state index in [9.17, 15) is 0 Å². The molecule has 2 aliphatic rings. The summed E-state index contributed by atoms with van der Waals surface area (Å²) >= 11 is 1.90. The molecule has 7 aromatic carbocycles. The highest BCUT2D eigenvalue weighted by atomic mass is 32.1. The average Bonchev–Trinajstić information content (AvgIpc) is 3.90. The van der Waals surface area contributed by atoms with Gasteiger partial charge in [0.1, 0.15) is 5.82 Å². The van der Waals surface area contributed by atoms with E-state index >= 15 is 0 Å². The minimum absolute atomic E-state index is 0.0604. The molecule has 304 valence electrons. The summed E-state index contributed by atoms with van der Waals surface area (Å²) in [7, 11) is 2.97. The summed E-state index contributed by atoms with van der Waals surface area (Å²) in [6.07, 6.45) is 2.33. The van der Waals surface area contributed by atoms with Gasteiger partial charge in [-0.3, -0.25) is 0 Å². The first-order valence-corrected chi connectivity index (χ1v) is 23.1. The Morgan fingerprint density at radius 1 is 0.661 bits per heavy atom. The highest BCUT2D eigenvalue weighted by Crippen LogP contribution is 2.50. The van der Waals surface area contributed by atoms with Gasteiger partial charge in [-0.2, -0.15) is 0 Å². The highest BCUT2D eigenvalue weighted by molar-refractivity contribution is 7.25. The lowest BCUT2D eigenvalue weighted by Gasteiger charge is -2.42. The van der Waals surface area contributed by atoms with Gasteiger partial charge in [-0.05, 0) is 111 Å². The topological polar surface area (TPSA) is 34.8 Å². The number of thiophene rings is 1. The standard InChI is InChI=1S/C56H51BN4S/c1-54(2,3)33-18-20-34(21-19-33)58-44-28-42-41(55(4,5)24-25-56(42,6)7)27-38(44)36-22-23-37-39-26-40-35-16-12-13-17-49(35)62-50(40)31-46(39)61-47-30-48-45(29-43(47)57-51(36)52(37)61)59-53(60(48)8)32-14-10-9-11-15-32/h9-23,26-31,57-58H,24-25H2,1-8H3. The molecule has 6 heteroatoms. The maximum Gasteiger partial charge on any atom is 0.198 e. The summed E-state index contributed by atoms with van der Waals surface area (Å²) in [5.74, 6) is 0.987. The number of hydrogen-bond donors (Lipinski definition) is 1. The van der Waals surface area contributed by atoms with Crippen LogP contribution in [0.2, 0.25) is 0 Å². The molecule has 0 radical (unpaired) electrons. The van der Waals surface area contributed by atoms with Gasteiger partial charge in [-0.1, -0.05) is 127 Å². The molecule has 1 aliphatic carbocycles. The fourth-order valence-electron chi connectivity index (χ4n) is 10.9. The quantitative estimate of drug-likeness (QED) is 0.179. The maximum atomic E-state index is 5.30. The number of aryl methyl sites for hydroxylation is 1. The molecule has 0 fully saturated rings. The van der Waals surface area contributed by atoms with Gasteiger partial charge < -0.3 is 14.5 Å². The summed E-state index contributed by atoms with van der Waals surface area (Å²) in [6, 6.07) is 48.2. The van der Waals surface area contributed by atoms with E-state index in [0.717, 1.165) is 41.8 Å². The van der Waals surface area contributed by atoms with Gasteiger partial charge >= 0.3 is 0 Å². The zero-order valence-electron chi connectivity index (χ0n) is 37.0. The predicted molar refractivity (Wildman–Crippen MR) is 269 cm³/mol. The van der Waals surface area contributed by atoms with Crippen molar-refractivity contribution in [3.8, 4) is 28.2 Å². The molecule has 0 amide bonds. The first-order valence-electron chi connectivity index (χ1n) is 22.3. The van der Waals surface area contributed by atoms with Gasteiger partial charge in [0.15, 0.2) is 7.28 Å². The van der Waals surface area contributed by atoms with Crippen LogP contribution >= 0.6 is 11.3 Å². The number of fused-ring (bicyclic) bond motifs is 10. The molecule has 1 aliphatic heterocycles. The van der Waals surface area contributed by atoms with Crippen molar-refractivity contribution >= 4 is 93.9 Å². The summed E-state index contributed by atoms with van der Waals surface area (Å²) in [6.45, 7) is 16.6. The van der Waals surface area contributed by atoms with Crippen LogP contribution in [0.5, 0.6) is 0 Å². The van der Waals surface area contributed by atoms with Gasteiger partial charge in [-0.15, -0.1) is 11.3 Å². The molecule has 0 spiro atoms. The third-order valence-electron chi connectivity index (χ3n) is 14.6. The Bertz CT molecular complexity index is 3500. The second-order valence-corrected chi connectivity index (χ2v) is 21.5. The molecule has 0 atom stereocenters. The van der Waals surface area contributed by atoms with Crippen molar-refractivity contribution < 1.29 is 0 Å². The van der Waals surface area contributed by atoms with Crippen LogP contribution < -0.4 is 16.2 Å². The number of rotatable bonds is 4. The molecular formula is C56H51BN4S. The van der Waals surface area contributed by atoms with Gasteiger partial charge in [0, 0.05) is 71.7 Å². The Balaban J connectivity index is 1.15. The van der Waals surface area contributed by atoms with E-state index < -0.39 is 0 Å². The van der Waals surface area contributed by atoms with E-state index in [1.54, 1.807) is 0 Å². The van der Waals surface area contributed by atoms with Crippen molar-refractivity contribution in [3.05, 3.63) is 144 Å². The second-order valence-electron chi connectivity index (χ2n) is 20.5. The summed E-state index contributed by atoms with van der Waals surface area (Å²) < 4.78 is 7.53. The van der Waals surface area contributed by atoms with Crippen LogP contribution in [0.15, 0.2) is 127 Å². The van der Waals surface area contributed by atoms with Crippen LogP contribution in [-0.4, -0.2) is 21.4 Å². The van der Waals surface area contributed by atoms with Crippen LogP contribution in [0.1, 0.15) is 78.0 Å².